The molecule has 19 heavy (non-hydrogen) atoms. The molecular weight excluding hydrogens is 234 g/mol. The van der Waals surface area contributed by atoms with Crippen molar-refractivity contribution in [2.45, 2.75) is 57.1 Å². The molecule has 3 rings (SSSR count). The highest BCUT2D eigenvalue weighted by molar-refractivity contribution is 5.35. The Morgan fingerprint density at radius 2 is 2.26 bits per heavy atom. The van der Waals surface area contributed by atoms with Crippen LogP contribution in [0.1, 0.15) is 50.2 Å². The van der Waals surface area contributed by atoms with Gasteiger partial charge in [-0.05, 0) is 56.6 Å². The minimum Gasteiger partial charge on any atom is -0.374 e. The van der Waals surface area contributed by atoms with Crippen LogP contribution in [0.5, 0.6) is 0 Å². The van der Waals surface area contributed by atoms with Crippen molar-refractivity contribution in [1.82, 2.24) is 5.32 Å². The second kappa shape index (κ2) is 5.26. The van der Waals surface area contributed by atoms with E-state index >= 15 is 0 Å². The van der Waals surface area contributed by atoms with E-state index in [1.54, 1.807) is 11.1 Å². The van der Waals surface area contributed by atoms with Crippen molar-refractivity contribution in [3.63, 3.8) is 0 Å². The van der Waals surface area contributed by atoms with Gasteiger partial charge in [0, 0.05) is 19.2 Å². The van der Waals surface area contributed by atoms with Crippen molar-refractivity contribution in [3.05, 3.63) is 35.4 Å². The Morgan fingerprint density at radius 3 is 3.05 bits per heavy atom. The van der Waals surface area contributed by atoms with Crippen molar-refractivity contribution in [1.29, 1.82) is 0 Å². The van der Waals surface area contributed by atoms with E-state index in [-0.39, 0.29) is 5.60 Å². The molecule has 1 aromatic carbocycles. The molecule has 0 bridgehead atoms. The molecule has 1 N–H and O–H groups in total. The van der Waals surface area contributed by atoms with Crippen LogP contribution in [0.2, 0.25) is 0 Å². The molecule has 0 saturated carbocycles. The topological polar surface area (TPSA) is 21.3 Å². The van der Waals surface area contributed by atoms with E-state index in [1.807, 2.05) is 0 Å². The maximum atomic E-state index is 5.92. The minimum atomic E-state index is 0.0398. The van der Waals surface area contributed by atoms with Crippen molar-refractivity contribution in [2.24, 2.45) is 0 Å². The molecule has 1 aliphatic carbocycles. The lowest BCUT2D eigenvalue weighted by Crippen LogP contribution is -2.47. The van der Waals surface area contributed by atoms with Gasteiger partial charge in [0.15, 0.2) is 0 Å². The third-order valence-electron chi connectivity index (χ3n) is 5.09. The van der Waals surface area contributed by atoms with Crippen LogP contribution in [-0.2, 0) is 11.2 Å². The lowest BCUT2D eigenvalue weighted by atomic mass is 9.93. The first-order valence-electron chi connectivity index (χ1n) is 7.64. The first-order chi connectivity index (χ1) is 9.19. The molecule has 1 saturated heterocycles. The highest BCUT2D eigenvalue weighted by Gasteiger charge is 2.36. The van der Waals surface area contributed by atoms with Crippen molar-refractivity contribution >= 4 is 0 Å². The van der Waals surface area contributed by atoms with Crippen LogP contribution in [0.4, 0.5) is 0 Å². The maximum Gasteiger partial charge on any atom is 0.0804 e. The molecule has 1 heterocycles. The van der Waals surface area contributed by atoms with E-state index in [1.165, 1.54) is 25.7 Å². The average Bonchev–Trinajstić information content (AvgIpc) is 3.03. The van der Waals surface area contributed by atoms with Gasteiger partial charge < -0.3 is 10.1 Å². The molecule has 2 nitrogen and oxygen atoms in total. The Bertz CT molecular complexity index is 437. The van der Waals surface area contributed by atoms with Gasteiger partial charge in [0.1, 0.15) is 0 Å². The molecule has 3 atom stereocenters. The zero-order valence-electron chi connectivity index (χ0n) is 12.1. The second-order valence-corrected chi connectivity index (χ2v) is 6.33. The summed E-state index contributed by atoms with van der Waals surface area (Å²) in [6.07, 6.45) is 4.92. The lowest BCUT2D eigenvalue weighted by molar-refractivity contribution is -0.00676. The van der Waals surface area contributed by atoms with E-state index in [0.717, 1.165) is 13.2 Å². The van der Waals surface area contributed by atoms with Gasteiger partial charge in [0.25, 0.3) is 0 Å². The predicted octanol–water partition coefficient (Wildman–Crippen LogP) is 3.26. The Labute approximate surface area is 116 Å². The number of hydrogen-bond donors (Lipinski definition) is 1. The largest absolute Gasteiger partial charge is 0.374 e. The number of ether oxygens (including phenoxy) is 1. The highest BCUT2D eigenvalue weighted by atomic mass is 16.5. The van der Waals surface area contributed by atoms with Crippen LogP contribution in [0.3, 0.4) is 0 Å². The summed E-state index contributed by atoms with van der Waals surface area (Å²) < 4.78 is 5.92. The number of aryl methyl sites for hydroxylation is 1. The van der Waals surface area contributed by atoms with Crippen LogP contribution in [0.25, 0.3) is 0 Å². The Morgan fingerprint density at radius 1 is 1.42 bits per heavy atom. The first kappa shape index (κ1) is 13.1. The van der Waals surface area contributed by atoms with E-state index in [9.17, 15) is 0 Å². The van der Waals surface area contributed by atoms with Gasteiger partial charge in [-0.25, -0.2) is 0 Å². The minimum absolute atomic E-state index is 0.0398. The zero-order valence-corrected chi connectivity index (χ0v) is 12.1. The molecule has 0 spiro atoms. The quantitative estimate of drug-likeness (QED) is 0.896. The highest BCUT2D eigenvalue weighted by Crippen LogP contribution is 2.33. The number of nitrogens with one attached hydrogen (secondary N) is 1. The number of benzene rings is 1. The van der Waals surface area contributed by atoms with Gasteiger partial charge in [-0.2, -0.15) is 0 Å². The van der Waals surface area contributed by atoms with Crippen LogP contribution >= 0.6 is 0 Å². The summed E-state index contributed by atoms with van der Waals surface area (Å²) in [6.45, 7) is 6.53. The molecule has 2 aliphatic rings. The second-order valence-electron chi connectivity index (χ2n) is 6.33. The Kier molecular flexibility index (Phi) is 3.64. The van der Waals surface area contributed by atoms with Crippen molar-refractivity contribution in [3.8, 4) is 0 Å². The van der Waals surface area contributed by atoms with Gasteiger partial charge in [-0.3, -0.25) is 0 Å². The summed E-state index contributed by atoms with van der Waals surface area (Å²) in [5.74, 6) is 0.684. The molecule has 1 aromatic rings. The van der Waals surface area contributed by atoms with Crippen molar-refractivity contribution in [2.75, 3.05) is 13.2 Å². The van der Waals surface area contributed by atoms with E-state index in [4.69, 9.17) is 4.74 Å². The van der Waals surface area contributed by atoms with Crippen LogP contribution in [0, 0.1) is 0 Å². The van der Waals surface area contributed by atoms with Gasteiger partial charge in [0.05, 0.1) is 5.60 Å². The normalized spacial score (nSPS) is 31.4. The molecule has 0 aromatic heterocycles. The summed E-state index contributed by atoms with van der Waals surface area (Å²) in [5.41, 5.74) is 3.14. The fourth-order valence-corrected chi connectivity index (χ4v) is 3.53. The summed E-state index contributed by atoms with van der Waals surface area (Å²) in [7, 11) is 0. The molecule has 104 valence electrons. The Balaban J connectivity index is 1.59. The van der Waals surface area contributed by atoms with E-state index < -0.39 is 0 Å². The van der Waals surface area contributed by atoms with Gasteiger partial charge >= 0.3 is 0 Å². The van der Waals surface area contributed by atoms with E-state index in [2.05, 4.69) is 43.4 Å². The fourth-order valence-electron chi connectivity index (χ4n) is 3.53. The molecule has 1 fully saturated rings. The summed E-state index contributed by atoms with van der Waals surface area (Å²) in [5, 5.41) is 3.72. The van der Waals surface area contributed by atoms with Crippen molar-refractivity contribution < 1.29 is 4.74 Å². The molecular formula is C17H25NO. The third-order valence-corrected chi connectivity index (χ3v) is 5.09. The molecule has 0 radical (unpaired) electrons. The monoisotopic (exact) mass is 259 g/mol. The fraction of sp³-hybridized carbons (Fsp3) is 0.647. The maximum absolute atomic E-state index is 5.92. The molecule has 0 unspecified atom stereocenters. The lowest BCUT2D eigenvalue weighted by Gasteiger charge is -2.32. The van der Waals surface area contributed by atoms with E-state index in [0.29, 0.717) is 12.0 Å². The number of hydrogen-bond acceptors (Lipinski definition) is 2. The number of fused-ring (bicyclic) bond motifs is 1. The smallest absolute Gasteiger partial charge is 0.0804 e. The molecule has 1 aliphatic heterocycles. The number of rotatable bonds is 4. The summed E-state index contributed by atoms with van der Waals surface area (Å²) >= 11 is 0. The third kappa shape index (κ3) is 2.56. The zero-order chi connectivity index (χ0) is 13.3. The molecule has 0 amide bonds. The first-order valence-corrected chi connectivity index (χ1v) is 7.64. The average molecular weight is 259 g/mol. The summed E-state index contributed by atoms with van der Waals surface area (Å²) in [6, 6.07) is 9.34. The Hall–Kier alpha value is -0.860. The molecule has 2 heteroatoms. The SMILES string of the molecule is C[C@H](NC[C@@H]1CCc2ccccc21)[C@@]1(C)CCCO1. The van der Waals surface area contributed by atoms with Crippen LogP contribution in [-0.4, -0.2) is 24.8 Å². The summed E-state index contributed by atoms with van der Waals surface area (Å²) in [4.78, 5) is 0. The van der Waals surface area contributed by atoms with Gasteiger partial charge in [-0.1, -0.05) is 24.3 Å². The van der Waals surface area contributed by atoms with Crippen LogP contribution < -0.4 is 5.32 Å². The standard InChI is InChI=1S/C17H25NO/c1-13(17(2)10-5-11-19-17)18-12-15-9-8-14-6-3-4-7-16(14)15/h3-4,6-7,13,15,18H,5,8-12H2,1-2H3/t13-,15-,17+/m0/s1. The van der Waals surface area contributed by atoms with Gasteiger partial charge in [-0.15, -0.1) is 0 Å². The van der Waals surface area contributed by atoms with Crippen LogP contribution in [0.15, 0.2) is 24.3 Å². The predicted molar refractivity (Wildman–Crippen MR) is 78.6 cm³/mol. The van der Waals surface area contributed by atoms with Gasteiger partial charge in [0.2, 0.25) is 0 Å².